The number of H-pyrrole nitrogens is 1. The number of aliphatic hydroxyl groups is 1. The molecule has 0 bridgehead atoms. The number of carbonyl (C=O) groups is 2. The number of nitrogens with one attached hydrogen (secondary N) is 3. The summed E-state index contributed by atoms with van der Waals surface area (Å²) in [5, 5.41) is 17.2. The van der Waals surface area contributed by atoms with Gasteiger partial charge in [0.2, 0.25) is 0 Å². The van der Waals surface area contributed by atoms with Gasteiger partial charge in [0.1, 0.15) is 12.0 Å². The average molecular weight is 496 g/mol. The Labute approximate surface area is 215 Å². The summed E-state index contributed by atoms with van der Waals surface area (Å²) in [5.41, 5.74) is 3.93. The highest BCUT2D eigenvalue weighted by Gasteiger charge is 2.23. The molecule has 7 heteroatoms. The van der Waals surface area contributed by atoms with E-state index in [-0.39, 0.29) is 17.4 Å². The van der Waals surface area contributed by atoms with Crippen LogP contribution >= 0.6 is 0 Å². The number of carbonyl (C=O) groups excluding carboxylic acids is 2. The van der Waals surface area contributed by atoms with Crippen LogP contribution in [0.5, 0.6) is 5.75 Å². The molecule has 1 unspecified atom stereocenters. The lowest BCUT2D eigenvalue weighted by Gasteiger charge is -2.21. The minimum Gasteiger partial charge on any atom is -0.493 e. The van der Waals surface area contributed by atoms with Gasteiger partial charge in [-0.15, -0.1) is 0 Å². The number of fused-ring (bicyclic) bond motifs is 1. The molecule has 0 aliphatic carbocycles. The first-order valence-electron chi connectivity index (χ1n) is 12.1. The van der Waals surface area contributed by atoms with Gasteiger partial charge in [0, 0.05) is 46.8 Å². The van der Waals surface area contributed by atoms with Crippen LogP contribution in [-0.4, -0.2) is 41.8 Å². The summed E-state index contributed by atoms with van der Waals surface area (Å²) < 4.78 is 5.66. The highest BCUT2D eigenvalue weighted by Crippen LogP contribution is 2.27. The fourth-order valence-electron chi connectivity index (χ4n) is 4.07. The number of amides is 2. The Hall–Kier alpha value is -4.54. The van der Waals surface area contributed by atoms with Gasteiger partial charge in [0.25, 0.3) is 11.8 Å². The fraction of sp³-hybridized carbons (Fsp3) is 0.200. The van der Waals surface area contributed by atoms with Crippen LogP contribution in [0.1, 0.15) is 57.2 Å². The van der Waals surface area contributed by atoms with Gasteiger partial charge in [-0.3, -0.25) is 9.59 Å². The normalized spacial score (nSPS) is 12.2. The zero-order chi connectivity index (χ0) is 26.4. The summed E-state index contributed by atoms with van der Waals surface area (Å²) in [6.45, 7) is 4.08. The Balaban J connectivity index is 1.56. The third kappa shape index (κ3) is 5.83. The topological polar surface area (TPSA) is 103 Å². The summed E-state index contributed by atoms with van der Waals surface area (Å²) in [6, 6.07) is 19.9. The van der Waals surface area contributed by atoms with Crippen molar-refractivity contribution in [1.29, 1.82) is 0 Å². The van der Waals surface area contributed by atoms with E-state index in [1.807, 2.05) is 50.4 Å². The summed E-state index contributed by atoms with van der Waals surface area (Å²) in [5.74, 6) is 5.47. The maximum atomic E-state index is 13.2. The molecule has 0 fully saturated rings. The second-order valence-corrected chi connectivity index (χ2v) is 8.55. The van der Waals surface area contributed by atoms with Crippen LogP contribution in [-0.2, 0) is 0 Å². The Morgan fingerprint density at radius 1 is 1.00 bits per heavy atom. The average Bonchev–Trinajstić information content (AvgIpc) is 3.36. The predicted octanol–water partition coefficient (Wildman–Crippen LogP) is 4.18. The minimum absolute atomic E-state index is 0.191. The smallest absolute Gasteiger partial charge is 0.257 e. The first kappa shape index (κ1) is 25.5. The molecule has 3 aromatic carbocycles. The van der Waals surface area contributed by atoms with Gasteiger partial charge in [0.15, 0.2) is 0 Å². The van der Waals surface area contributed by atoms with Crippen LogP contribution in [0.3, 0.4) is 0 Å². The van der Waals surface area contributed by atoms with Crippen molar-refractivity contribution in [2.24, 2.45) is 0 Å². The van der Waals surface area contributed by atoms with E-state index >= 15 is 0 Å². The van der Waals surface area contributed by atoms with E-state index in [2.05, 4.69) is 27.5 Å². The number of aromatic amines is 1. The molecule has 4 rings (SSSR count). The molecule has 1 heterocycles. The van der Waals surface area contributed by atoms with Gasteiger partial charge < -0.3 is 25.5 Å². The largest absolute Gasteiger partial charge is 0.493 e. The molecule has 0 spiro atoms. The quantitative estimate of drug-likeness (QED) is 0.228. The SMILES string of the molecule is CCOc1ccc(C#Cc2cccc(C(=O)NC)c2)cc1C(=O)NC(O)[C@H](C)c1c[nH]c2ccccc12. The van der Waals surface area contributed by atoms with Crippen molar-refractivity contribution in [3.63, 3.8) is 0 Å². The van der Waals surface area contributed by atoms with Crippen LogP contribution in [0.15, 0.2) is 72.9 Å². The van der Waals surface area contributed by atoms with Gasteiger partial charge in [-0.1, -0.05) is 43.0 Å². The zero-order valence-electron chi connectivity index (χ0n) is 21.0. The highest BCUT2D eigenvalue weighted by molar-refractivity contribution is 5.97. The second kappa shape index (κ2) is 11.5. The van der Waals surface area contributed by atoms with Crippen molar-refractivity contribution >= 4 is 22.7 Å². The third-order valence-electron chi connectivity index (χ3n) is 6.09. The Kier molecular flexibility index (Phi) is 7.92. The van der Waals surface area contributed by atoms with Crippen LogP contribution < -0.4 is 15.4 Å². The van der Waals surface area contributed by atoms with E-state index in [0.29, 0.717) is 29.0 Å². The molecule has 1 aromatic heterocycles. The van der Waals surface area contributed by atoms with Crippen molar-refractivity contribution in [1.82, 2.24) is 15.6 Å². The van der Waals surface area contributed by atoms with E-state index in [1.54, 1.807) is 43.4 Å². The lowest BCUT2D eigenvalue weighted by molar-refractivity contribution is 0.0724. The summed E-state index contributed by atoms with van der Waals surface area (Å²) in [6.07, 6.45) is 0.731. The minimum atomic E-state index is -1.12. The molecule has 0 aliphatic heterocycles. The summed E-state index contributed by atoms with van der Waals surface area (Å²) in [7, 11) is 1.57. The molecule has 0 radical (unpaired) electrons. The van der Waals surface area contributed by atoms with Gasteiger partial charge in [-0.25, -0.2) is 0 Å². The summed E-state index contributed by atoms with van der Waals surface area (Å²) in [4.78, 5) is 28.3. The molecule has 37 heavy (non-hydrogen) atoms. The maximum absolute atomic E-state index is 13.2. The first-order valence-corrected chi connectivity index (χ1v) is 12.1. The van der Waals surface area contributed by atoms with E-state index in [1.165, 1.54) is 0 Å². The van der Waals surface area contributed by atoms with Gasteiger partial charge in [0.05, 0.1) is 12.2 Å². The third-order valence-corrected chi connectivity index (χ3v) is 6.09. The van der Waals surface area contributed by atoms with Crippen molar-refractivity contribution in [3.05, 3.63) is 101 Å². The van der Waals surface area contributed by atoms with Crippen molar-refractivity contribution in [3.8, 4) is 17.6 Å². The van der Waals surface area contributed by atoms with Gasteiger partial charge in [-0.2, -0.15) is 0 Å². The van der Waals surface area contributed by atoms with Crippen molar-refractivity contribution in [2.75, 3.05) is 13.7 Å². The number of aliphatic hydroxyl groups excluding tert-OH is 1. The number of para-hydroxylation sites is 1. The molecule has 2 atom stereocenters. The summed E-state index contributed by atoms with van der Waals surface area (Å²) >= 11 is 0. The zero-order valence-corrected chi connectivity index (χ0v) is 21.0. The van der Waals surface area contributed by atoms with Gasteiger partial charge >= 0.3 is 0 Å². The second-order valence-electron chi connectivity index (χ2n) is 8.55. The molecule has 0 aliphatic rings. The van der Waals surface area contributed by atoms with Crippen LogP contribution in [0.4, 0.5) is 0 Å². The number of hydrogen-bond acceptors (Lipinski definition) is 4. The molecule has 4 N–H and O–H groups in total. The number of rotatable bonds is 7. The highest BCUT2D eigenvalue weighted by atomic mass is 16.5. The Morgan fingerprint density at radius 3 is 2.51 bits per heavy atom. The van der Waals surface area contributed by atoms with E-state index in [9.17, 15) is 14.7 Å². The van der Waals surface area contributed by atoms with E-state index < -0.39 is 12.1 Å². The van der Waals surface area contributed by atoms with Gasteiger partial charge in [-0.05, 0) is 55.0 Å². The van der Waals surface area contributed by atoms with Crippen LogP contribution in [0.25, 0.3) is 10.9 Å². The molecule has 2 amide bonds. The molecular formula is C30H29N3O4. The molecule has 4 aromatic rings. The lowest BCUT2D eigenvalue weighted by Crippen LogP contribution is -2.38. The van der Waals surface area contributed by atoms with Crippen LogP contribution in [0, 0.1) is 11.8 Å². The number of ether oxygens (including phenoxy) is 1. The molecule has 0 saturated carbocycles. The molecule has 188 valence electrons. The molecular weight excluding hydrogens is 466 g/mol. The van der Waals surface area contributed by atoms with E-state index in [4.69, 9.17) is 4.74 Å². The maximum Gasteiger partial charge on any atom is 0.257 e. The number of hydrogen-bond donors (Lipinski definition) is 4. The predicted molar refractivity (Wildman–Crippen MR) is 144 cm³/mol. The molecule has 7 nitrogen and oxygen atoms in total. The monoisotopic (exact) mass is 495 g/mol. The van der Waals surface area contributed by atoms with Crippen molar-refractivity contribution in [2.45, 2.75) is 26.0 Å². The molecule has 0 saturated heterocycles. The Morgan fingerprint density at radius 2 is 1.76 bits per heavy atom. The standard InChI is InChI=1S/C30H29N3O4/c1-4-37-27-15-14-21(13-12-20-8-7-9-22(16-20)29(35)31-3)17-24(27)30(36)33-28(34)19(2)25-18-32-26-11-6-5-10-23(25)26/h5-11,14-19,28,32,34H,4H2,1-3H3,(H,31,35)(H,33,36)/t19-,28?/m1/s1. The number of benzene rings is 3. The Bertz CT molecular complexity index is 1500. The lowest BCUT2D eigenvalue weighted by atomic mass is 9.98. The van der Waals surface area contributed by atoms with Crippen LogP contribution in [0.2, 0.25) is 0 Å². The van der Waals surface area contributed by atoms with Crippen molar-refractivity contribution < 1.29 is 19.4 Å². The number of aromatic nitrogens is 1. The van der Waals surface area contributed by atoms with E-state index in [0.717, 1.165) is 16.5 Å². The first-order chi connectivity index (χ1) is 17.9. The fourth-order valence-corrected chi connectivity index (χ4v) is 4.07.